The summed E-state index contributed by atoms with van der Waals surface area (Å²) in [7, 11) is 0. The van der Waals surface area contributed by atoms with Crippen LogP contribution in [0.5, 0.6) is 0 Å². The lowest BCUT2D eigenvalue weighted by Crippen LogP contribution is -2.25. The predicted octanol–water partition coefficient (Wildman–Crippen LogP) is 2.09. The van der Waals surface area contributed by atoms with E-state index in [1.165, 1.54) is 17.9 Å². The Morgan fingerprint density at radius 3 is 3.13 bits per heavy atom. The van der Waals surface area contributed by atoms with Gasteiger partial charge < -0.3 is 4.42 Å². The van der Waals surface area contributed by atoms with E-state index in [1.807, 2.05) is 23.9 Å². The predicted molar refractivity (Wildman–Crippen MR) is 60.6 cm³/mol. The molecule has 2 heterocycles. The summed E-state index contributed by atoms with van der Waals surface area (Å²) in [6, 6.07) is 5.65. The Labute approximate surface area is 94.1 Å². The van der Waals surface area contributed by atoms with Gasteiger partial charge in [0.2, 0.25) is 5.76 Å². The molecule has 1 saturated heterocycles. The highest BCUT2D eigenvalue weighted by Crippen LogP contribution is 2.14. The van der Waals surface area contributed by atoms with Crippen molar-refractivity contribution in [1.29, 1.82) is 5.26 Å². The zero-order chi connectivity index (χ0) is 10.5. The molecule has 1 aromatic heterocycles. The van der Waals surface area contributed by atoms with Crippen LogP contribution >= 0.6 is 11.8 Å². The van der Waals surface area contributed by atoms with Gasteiger partial charge in [0.05, 0.1) is 6.54 Å². The van der Waals surface area contributed by atoms with Crippen LogP contribution in [0.1, 0.15) is 17.9 Å². The lowest BCUT2D eigenvalue weighted by molar-refractivity contribution is 0.261. The minimum atomic E-state index is 0.411. The molecule has 0 bridgehead atoms. The van der Waals surface area contributed by atoms with Crippen molar-refractivity contribution in [2.24, 2.45) is 0 Å². The fourth-order valence-corrected chi connectivity index (χ4v) is 2.62. The van der Waals surface area contributed by atoms with Crippen LogP contribution in [0.15, 0.2) is 16.5 Å². The van der Waals surface area contributed by atoms with Gasteiger partial charge in [-0.3, -0.25) is 4.90 Å². The highest BCUT2D eigenvalue weighted by Gasteiger charge is 2.11. The smallest absolute Gasteiger partial charge is 0.203 e. The van der Waals surface area contributed by atoms with Crippen LogP contribution < -0.4 is 0 Å². The average Bonchev–Trinajstić information content (AvgIpc) is 2.54. The fourth-order valence-electron chi connectivity index (χ4n) is 1.70. The maximum Gasteiger partial charge on any atom is 0.203 e. The van der Waals surface area contributed by atoms with Crippen LogP contribution in [-0.2, 0) is 6.54 Å². The second-order valence-corrected chi connectivity index (χ2v) is 4.84. The summed E-state index contributed by atoms with van der Waals surface area (Å²) in [5.74, 6) is 3.77. The third-order valence-corrected chi connectivity index (χ3v) is 3.51. The molecule has 0 radical (unpaired) electrons. The molecular formula is C11H14N2OS. The van der Waals surface area contributed by atoms with E-state index in [4.69, 9.17) is 9.68 Å². The Morgan fingerprint density at radius 1 is 1.40 bits per heavy atom. The number of hydrogen-bond acceptors (Lipinski definition) is 4. The van der Waals surface area contributed by atoms with Crippen molar-refractivity contribution in [2.45, 2.75) is 13.0 Å². The van der Waals surface area contributed by atoms with E-state index in [9.17, 15) is 0 Å². The van der Waals surface area contributed by atoms with Crippen LogP contribution in [0, 0.1) is 11.3 Å². The number of furan rings is 1. The third-order valence-electron chi connectivity index (χ3n) is 2.47. The first-order valence-electron chi connectivity index (χ1n) is 5.17. The van der Waals surface area contributed by atoms with Gasteiger partial charge in [0.15, 0.2) is 0 Å². The van der Waals surface area contributed by atoms with Gasteiger partial charge in [0, 0.05) is 12.3 Å². The monoisotopic (exact) mass is 222 g/mol. The fraction of sp³-hybridized carbons (Fsp3) is 0.545. The van der Waals surface area contributed by atoms with Gasteiger partial charge in [0.25, 0.3) is 0 Å². The molecule has 3 nitrogen and oxygen atoms in total. The second-order valence-electron chi connectivity index (χ2n) is 3.62. The molecular weight excluding hydrogens is 208 g/mol. The normalized spacial score (nSPS) is 18.3. The summed E-state index contributed by atoms with van der Waals surface area (Å²) < 4.78 is 5.37. The van der Waals surface area contributed by atoms with E-state index >= 15 is 0 Å². The summed E-state index contributed by atoms with van der Waals surface area (Å²) >= 11 is 2.02. The lowest BCUT2D eigenvalue weighted by Gasteiger charge is -2.17. The minimum Gasteiger partial charge on any atom is -0.449 e. The minimum absolute atomic E-state index is 0.411. The van der Waals surface area contributed by atoms with Crippen LogP contribution in [0.25, 0.3) is 0 Å². The van der Waals surface area contributed by atoms with Crippen LogP contribution in [0.3, 0.4) is 0 Å². The quantitative estimate of drug-likeness (QED) is 0.768. The van der Waals surface area contributed by atoms with E-state index < -0.39 is 0 Å². The molecule has 0 aliphatic carbocycles. The van der Waals surface area contributed by atoms with Gasteiger partial charge >= 0.3 is 0 Å². The maximum absolute atomic E-state index is 8.64. The summed E-state index contributed by atoms with van der Waals surface area (Å²) in [4.78, 5) is 2.39. The SMILES string of the molecule is N#Cc1ccc(CN2CCCSCC2)o1. The Bertz CT molecular complexity index is 348. The van der Waals surface area contributed by atoms with Gasteiger partial charge in [-0.25, -0.2) is 0 Å². The Balaban J connectivity index is 1.92. The van der Waals surface area contributed by atoms with Gasteiger partial charge in [0.1, 0.15) is 11.8 Å². The van der Waals surface area contributed by atoms with Crippen LogP contribution in [0.2, 0.25) is 0 Å². The molecule has 80 valence electrons. The molecule has 4 heteroatoms. The largest absolute Gasteiger partial charge is 0.449 e. The summed E-state index contributed by atoms with van der Waals surface area (Å²) in [5, 5.41) is 8.64. The molecule has 1 aliphatic rings. The van der Waals surface area contributed by atoms with Gasteiger partial charge in [-0.2, -0.15) is 17.0 Å². The molecule has 0 amide bonds. The first kappa shape index (κ1) is 10.6. The number of rotatable bonds is 2. The van der Waals surface area contributed by atoms with E-state index in [2.05, 4.69) is 4.90 Å². The molecule has 1 aliphatic heterocycles. The van der Waals surface area contributed by atoms with Crippen molar-refractivity contribution in [3.8, 4) is 6.07 Å². The number of nitriles is 1. The molecule has 1 fully saturated rings. The van der Waals surface area contributed by atoms with Gasteiger partial charge in [-0.05, 0) is 30.9 Å². The third kappa shape index (κ3) is 3.01. The van der Waals surface area contributed by atoms with E-state index in [-0.39, 0.29) is 0 Å². The van der Waals surface area contributed by atoms with Crippen LogP contribution in [0.4, 0.5) is 0 Å². The molecule has 2 rings (SSSR count). The first-order valence-corrected chi connectivity index (χ1v) is 6.33. The Hall–Kier alpha value is -0.920. The number of nitrogens with zero attached hydrogens (tertiary/aromatic N) is 2. The molecule has 0 saturated carbocycles. The highest BCUT2D eigenvalue weighted by atomic mass is 32.2. The zero-order valence-corrected chi connectivity index (χ0v) is 9.42. The highest BCUT2D eigenvalue weighted by molar-refractivity contribution is 7.99. The number of thioether (sulfide) groups is 1. The molecule has 0 N–H and O–H groups in total. The summed E-state index contributed by atoms with van der Waals surface area (Å²) in [6.45, 7) is 3.09. The molecule has 0 unspecified atom stereocenters. The standard InChI is InChI=1S/C11H14N2OS/c12-8-10-2-3-11(14-10)9-13-4-1-6-15-7-5-13/h2-3H,1,4-7,9H2. The maximum atomic E-state index is 8.64. The van der Waals surface area contributed by atoms with Crippen LogP contribution in [-0.4, -0.2) is 29.5 Å². The zero-order valence-electron chi connectivity index (χ0n) is 8.61. The van der Waals surface area contributed by atoms with Crippen molar-refractivity contribution in [2.75, 3.05) is 24.6 Å². The van der Waals surface area contributed by atoms with Gasteiger partial charge in [-0.15, -0.1) is 0 Å². The molecule has 0 aromatic carbocycles. The van der Waals surface area contributed by atoms with E-state index in [1.54, 1.807) is 6.07 Å². The molecule has 0 atom stereocenters. The molecule has 1 aromatic rings. The topological polar surface area (TPSA) is 40.2 Å². The first-order chi connectivity index (χ1) is 7.38. The van der Waals surface area contributed by atoms with Crippen molar-refractivity contribution in [1.82, 2.24) is 4.90 Å². The van der Waals surface area contributed by atoms with E-state index in [0.29, 0.717) is 5.76 Å². The second kappa shape index (κ2) is 5.24. The molecule has 0 spiro atoms. The van der Waals surface area contributed by atoms with Crippen molar-refractivity contribution >= 4 is 11.8 Å². The van der Waals surface area contributed by atoms with Crippen molar-refractivity contribution < 1.29 is 4.42 Å². The summed E-state index contributed by atoms with van der Waals surface area (Å²) in [5.41, 5.74) is 0. The summed E-state index contributed by atoms with van der Waals surface area (Å²) in [6.07, 6.45) is 1.25. The number of hydrogen-bond donors (Lipinski definition) is 0. The Morgan fingerprint density at radius 2 is 2.33 bits per heavy atom. The average molecular weight is 222 g/mol. The van der Waals surface area contributed by atoms with E-state index in [0.717, 1.165) is 25.4 Å². The Kier molecular flexibility index (Phi) is 3.70. The van der Waals surface area contributed by atoms with Crippen molar-refractivity contribution in [3.63, 3.8) is 0 Å². The molecule has 15 heavy (non-hydrogen) atoms. The van der Waals surface area contributed by atoms with Gasteiger partial charge in [-0.1, -0.05) is 0 Å². The van der Waals surface area contributed by atoms with Crippen molar-refractivity contribution in [3.05, 3.63) is 23.7 Å². The lowest BCUT2D eigenvalue weighted by atomic mass is 10.3.